The second-order valence-electron chi connectivity index (χ2n) is 18.0. The Morgan fingerprint density at radius 2 is 1.18 bits per heavy atom. The molecule has 2 aromatic carbocycles. The van der Waals surface area contributed by atoms with Gasteiger partial charge in [-0.1, -0.05) is 24.3 Å². The number of carbonyl (C=O) groups is 5. The van der Waals surface area contributed by atoms with Crippen molar-refractivity contribution in [1.29, 1.82) is 0 Å². The van der Waals surface area contributed by atoms with Crippen LogP contribution in [0.3, 0.4) is 0 Å². The summed E-state index contributed by atoms with van der Waals surface area (Å²) in [5, 5.41) is 17.4. The van der Waals surface area contributed by atoms with Crippen molar-refractivity contribution in [3.63, 3.8) is 0 Å². The number of nitrogens with zero attached hydrogens (tertiary/aromatic N) is 9. The van der Waals surface area contributed by atoms with Gasteiger partial charge in [-0.05, 0) is 97.7 Å². The zero-order valence-corrected chi connectivity index (χ0v) is 43.5. The van der Waals surface area contributed by atoms with Crippen LogP contribution in [0, 0.1) is 13.8 Å². The van der Waals surface area contributed by atoms with E-state index in [1.165, 1.54) is 7.11 Å². The minimum absolute atomic E-state index is 0.0914. The summed E-state index contributed by atoms with van der Waals surface area (Å²) in [6, 6.07) is 10.2. The number of benzene rings is 2. The molecule has 22 nitrogen and oxygen atoms in total. The summed E-state index contributed by atoms with van der Waals surface area (Å²) in [7, 11) is 5.08. The van der Waals surface area contributed by atoms with Gasteiger partial charge in [0.1, 0.15) is 46.1 Å². The van der Waals surface area contributed by atoms with E-state index in [0.29, 0.717) is 75.6 Å². The van der Waals surface area contributed by atoms with Crippen molar-refractivity contribution in [2.24, 2.45) is 11.5 Å². The highest BCUT2D eigenvalue weighted by molar-refractivity contribution is 6.00. The molecule has 73 heavy (non-hydrogen) atoms. The van der Waals surface area contributed by atoms with Crippen LogP contribution in [-0.4, -0.2) is 133 Å². The van der Waals surface area contributed by atoms with Gasteiger partial charge in [0.25, 0.3) is 0 Å². The summed E-state index contributed by atoms with van der Waals surface area (Å²) in [4.78, 5) is 68.6. The molecule has 22 heteroatoms. The minimum atomic E-state index is -0.580. The number of nitrogens with two attached hydrogens (primary N) is 2. The van der Waals surface area contributed by atoms with Crippen molar-refractivity contribution in [1.82, 2.24) is 48.9 Å². The lowest BCUT2D eigenvalue weighted by molar-refractivity contribution is 0.0480. The number of hydrogen-bond acceptors (Lipinski definition) is 15. The van der Waals surface area contributed by atoms with Gasteiger partial charge in [0.15, 0.2) is 12.6 Å². The van der Waals surface area contributed by atoms with Gasteiger partial charge in [-0.25, -0.2) is 14.8 Å². The van der Waals surface area contributed by atoms with Crippen LogP contribution in [0.2, 0.25) is 0 Å². The number of anilines is 2. The predicted molar refractivity (Wildman–Crippen MR) is 281 cm³/mol. The van der Waals surface area contributed by atoms with Gasteiger partial charge < -0.3 is 50.8 Å². The fourth-order valence-electron chi connectivity index (χ4n) is 8.10. The van der Waals surface area contributed by atoms with Gasteiger partial charge in [0.05, 0.1) is 29.5 Å². The summed E-state index contributed by atoms with van der Waals surface area (Å²) < 4.78 is 24.5. The highest BCUT2D eigenvalue weighted by atomic mass is 16.6. The summed E-state index contributed by atoms with van der Waals surface area (Å²) >= 11 is 0. The summed E-state index contributed by atoms with van der Waals surface area (Å²) in [6.07, 6.45) is 10.9. The first-order chi connectivity index (χ1) is 34.9. The van der Waals surface area contributed by atoms with Gasteiger partial charge in [0.2, 0.25) is 23.7 Å². The number of aromatic nitrogens is 8. The van der Waals surface area contributed by atoms with Crippen molar-refractivity contribution in [2.75, 3.05) is 58.1 Å². The predicted octanol–water partition coefficient (Wildman–Crippen LogP) is 5.90. The Morgan fingerprint density at radius 1 is 0.712 bits per heavy atom. The van der Waals surface area contributed by atoms with Crippen molar-refractivity contribution < 1.29 is 38.2 Å². The average molecular weight is 1010 g/mol. The smallest absolute Gasteiger partial charge is 0.407 e. The van der Waals surface area contributed by atoms with E-state index >= 15 is 0 Å². The van der Waals surface area contributed by atoms with E-state index in [1.807, 2.05) is 75.8 Å². The molecule has 0 unspecified atom stereocenters. The molecule has 1 saturated heterocycles. The number of alkyl carbamates (subject to hydrolysis) is 1. The SMILES string of the molecule is CCn1nc(C)cc1C=O.CCn1nc(C)cc1C=O.CNc1nc2cc(C(N)=O)cc(OC)c2n1C/C=C/Cn1c(NC)nc2cc(C(N)=O)cc(OC/C=C\CN3CCC(NC(=O)OC(C)(C)C)CC3)c21. The van der Waals surface area contributed by atoms with E-state index in [1.54, 1.807) is 59.9 Å². The second-order valence-corrected chi connectivity index (χ2v) is 18.0. The third kappa shape index (κ3) is 15.0. The number of allylic oxidation sites excluding steroid dienone is 2. The number of methoxy groups -OCH3 is 1. The monoisotopic (exact) mass is 1010 g/mol. The Kier molecular flexibility index (Phi) is 19.8. The van der Waals surface area contributed by atoms with Crippen LogP contribution in [0.1, 0.15) is 101 Å². The zero-order valence-electron chi connectivity index (χ0n) is 43.5. The molecule has 5 heterocycles. The highest BCUT2D eigenvalue weighted by Gasteiger charge is 2.24. The van der Waals surface area contributed by atoms with E-state index in [4.69, 9.17) is 30.7 Å². The molecule has 6 aromatic rings. The van der Waals surface area contributed by atoms with Crippen LogP contribution in [0.5, 0.6) is 11.5 Å². The molecule has 0 radical (unpaired) electrons. The van der Waals surface area contributed by atoms with E-state index < -0.39 is 17.4 Å². The normalized spacial score (nSPS) is 13.1. The molecule has 0 bridgehead atoms. The Labute approximate surface area is 425 Å². The first-order valence-corrected chi connectivity index (χ1v) is 24.1. The second kappa shape index (κ2) is 25.9. The number of amides is 3. The third-order valence-electron chi connectivity index (χ3n) is 11.5. The average Bonchev–Trinajstić information content (AvgIpc) is 4.13. The maximum absolute atomic E-state index is 12.2. The highest BCUT2D eigenvalue weighted by Crippen LogP contribution is 2.32. The lowest BCUT2D eigenvalue weighted by Crippen LogP contribution is -2.46. The number of imidazole rings is 2. The van der Waals surface area contributed by atoms with E-state index in [0.717, 1.165) is 75.0 Å². The molecule has 7 rings (SSSR count). The molecule has 1 aliphatic rings. The van der Waals surface area contributed by atoms with E-state index in [2.05, 4.69) is 42.1 Å². The van der Waals surface area contributed by atoms with E-state index in [-0.39, 0.29) is 18.7 Å². The standard InChI is InChI=1S/C37H50N10O6.2C7H10N2O/c1-37(2,3)53-36(50)42-25-11-16-45(17-12-25)13-9-10-18-52-29-22-24(33(39)49)20-27-31(29)47(35(41-5)44-27)15-8-7-14-46-30-26(43-34(46)40-4)19-23(32(38)48)21-28(30)51-6;2*1-3-9-7(5-10)4-6(2)8-9/h7-10,19-22,25H,11-18H2,1-6H3,(H2,38,48)(H2,39,49)(H,40,43)(H,41,44)(H,42,50);2*4-5H,3H2,1-2H3/b8-7+,10-9-;;. The number of fused-ring (bicyclic) bond motifs is 2. The molecular formula is C51H70N14O8. The number of aryl methyl sites for hydroxylation is 4. The number of likely N-dealkylation sites (tertiary alicyclic amines) is 1. The first-order valence-electron chi connectivity index (χ1n) is 24.1. The fourth-order valence-corrected chi connectivity index (χ4v) is 8.10. The van der Waals surface area contributed by atoms with Crippen LogP contribution in [0.15, 0.2) is 60.7 Å². The van der Waals surface area contributed by atoms with Gasteiger partial charge in [-0.2, -0.15) is 10.2 Å². The van der Waals surface area contributed by atoms with Gasteiger partial charge in [0, 0.05) is 77.1 Å². The lowest BCUT2D eigenvalue weighted by atomic mass is 10.1. The fraction of sp³-hybridized carbons (Fsp3) is 0.431. The first kappa shape index (κ1) is 55.9. The van der Waals surface area contributed by atoms with Crippen molar-refractivity contribution in [3.8, 4) is 11.5 Å². The van der Waals surface area contributed by atoms with Crippen molar-refractivity contribution >= 4 is 64.4 Å². The van der Waals surface area contributed by atoms with Crippen LogP contribution >= 0.6 is 0 Å². The molecule has 0 saturated carbocycles. The Bertz CT molecular complexity index is 2880. The van der Waals surface area contributed by atoms with Crippen LogP contribution < -0.4 is 36.9 Å². The summed E-state index contributed by atoms with van der Waals surface area (Å²) in [5.41, 5.74) is 16.9. The third-order valence-corrected chi connectivity index (χ3v) is 11.5. The maximum atomic E-state index is 12.2. The number of piperidine rings is 1. The molecule has 3 amide bonds. The number of nitrogens with one attached hydrogen (secondary N) is 3. The van der Waals surface area contributed by atoms with E-state index in [9.17, 15) is 24.0 Å². The maximum Gasteiger partial charge on any atom is 0.407 e. The summed E-state index contributed by atoms with van der Waals surface area (Å²) in [6.45, 7) is 18.3. The molecule has 4 aromatic heterocycles. The van der Waals surface area contributed by atoms with Gasteiger partial charge in [-0.15, -0.1) is 0 Å². The van der Waals surface area contributed by atoms with Gasteiger partial charge in [-0.3, -0.25) is 33.4 Å². The Hall–Kier alpha value is -8.01. The molecule has 1 fully saturated rings. The van der Waals surface area contributed by atoms with Crippen LogP contribution in [0.25, 0.3) is 22.1 Å². The molecule has 1 aliphatic heterocycles. The number of carbonyl (C=O) groups excluding carboxylic acids is 5. The quantitative estimate of drug-likeness (QED) is 0.0466. The number of primary amides is 2. The molecule has 0 aliphatic carbocycles. The number of rotatable bonds is 19. The Balaban J connectivity index is 0.000000406. The number of aldehydes is 2. The molecule has 392 valence electrons. The van der Waals surface area contributed by atoms with Crippen molar-refractivity contribution in [3.05, 3.63) is 94.6 Å². The topological polar surface area (TPSA) is 276 Å². The zero-order chi connectivity index (χ0) is 53.4. The lowest BCUT2D eigenvalue weighted by Gasteiger charge is -2.32. The Morgan fingerprint density at radius 3 is 1.59 bits per heavy atom. The largest absolute Gasteiger partial charge is 0.494 e. The van der Waals surface area contributed by atoms with Crippen LogP contribution in [0.4, 0.5) is 16.7 Å². The molecular weight excluding hydrogens is 937 g/mol. The number of ether oxygens (including phenoxy) is 3. The van der Waals surface area contributed by atoms with Crippen molar-refractivity contribution in [2.45, 2.75) is 99.1 Å². The van der Waals surface area contributed by atoms with Crippen LogP contribution in [-0.2, 0) is 30.9 Å². The number of hydrogen-bond donors (Lipinski definition) is 5. The van der Waals surface area contributed by atoms with Gasteiger partial charge >= 0.3 is 6.09 Å². The molecule has 0 spiro atoms. The minimum Gasteiger partial charge on any atom is -0.494 e. The molecule has 0 atom stereocenters. The molecule has 7 N–H and O–H groups in total. The summed E-state index contributed by atoms with van der Waals surface area (Å²) in [5.74, 6) is 0.990.